The van der Waals surface area contributed by atoms with Crippen molar-refractivity contribution in [1.29, 1.82) is 0 Å². The van der Waals surface area contributed by atoms with Crippen molar-refractivity contribution < 1.29 is 4.79 Å². The van der Waals surface area contributed by atoms with Crippen LogP contribution in [0.2, 0.25) is 0 Å². The van der Waals surface area contributed by atoms with Crippen LogP contribution in [0.1, 0.15) is 12.8 Å². The maximum Gasteiger partial charge on any atom is 0.241 e. The molecule has 6 heteroatoms. The van der Waals surface area contributed by atoms with E-state index < -0.39 is 6.04 Å². The predicted octanol–water partition coefficient (Wildman–Crippen LogP) is 1.16. The molecule has 22 heavy (non-hydrogen) atoms. The van der Waals surface area contributed by atoms with Gasteiger partial charge in [0, 0.05) is 12.2 Å². The Morgan fingerprint density at radius 2 is 1.86 bits per heavy atom. The zero-order valence-electron chi connectivity index (χ0n) is 12.3. The number of anilines is 1. The first-order valence-corrected chi connectivity index (χ1v) is 7.17. The van der Waals surface area contributed by atoms with E-state index in [1.54, 1.807) is 0 Å². The van der Waals surface area contributed by atoms with Crippen LogP contribution < -0.4 is 22.5 Å². The van der Waals surface area contributed by atoms with Gasteiger partial charge in [-0.2, -0.15) is 0 Å². The smallest absolute Gasteiger partial charge is 0.241 e. The first kappa shape index (κ1) is 15.8. The molecule has 0 aliphatic carbocycles. The Kier molecular flexibility index (Phi) is 5.32. The molecule has 1 atom stereocenters. The van der Waals surface area contributed by atoms with Gasteiger partial charge in [-0.25, -0.2) is 0 Å². The van der Waals surface area contributed by atoms with E-state index in [1.807, 2.05) is 42.5 Å². The lowest BCUT2D eigenvalue weighted by Crippen LogP contribution is -2.35. The van der Waals surface area contributed by atoms with Crippen molar-refractivity contribution in [3.05, 3.63) is 42.5 Å². The van der Waals surface area contributed by atoms with Crippen molar-refractivity contribution in [3.8, 4) is 0 Å². The Morgan fingerprint density at radius 1 is 1.14 bits per heavy atom. The molecule has 0 unspecified atom stereocenters. The second kappa shape index (κ2) is 7.42. The fraction of sp³-hybridized carbons (Fsp3) is 0.250. The van der Waals surface area contributed by atoms with E-state index in [1.165, 1.54) is 0 Å². The number of guanidine groups is 1. The van der Waals surface area contributed by atoms with E-state index >= 15 is 0 Å². The summed E-state index contributed by atoms with van der Waals surface area (Å²) < 4.78 is 0. The van der Waals surface area contributed by atoms with Crippen molar-refractivity contribution >= 4 is 28.3 Å². The van der Waals surface area contributed by atoms with E-state index in [2.05, 4.69) is 10.3 Å². The SMILES string of the molecule is NC(N)=NCCC[C@@H](N)C(=O)Nc1ccc2ccccc2c1. The average Bonchev–Trinajstić information content (AvgIpc) is 2.51. The molecule has 2 aromatic carbocycles. The molecule has 6 nitrogen and oxygen atoms in total. The number of nitrogens with zero attached hydrogens (tertiary/aromatic N) is 1. The number of amides is 1. The molecule has 0 saturated heterocycles. The summed E-state index contributed by atoms with van der Waals surface area (Å²) in [4.78, 5) is 15.9. The first-order valence-electron chi connectivity index (χ1n) is 7.17. The molecule has 0 bridgehead atoms. The molecule has 0 aliphatic heterocycles. The van der Waals surface area contributed by atoms with Gasteiger partial charge in [0.05, 0.1) is 6.04 Å². The topological polar surface area (TPSA) is 120 Å². The number of rotatable bonds is 6. The molecule has 0 saturated carbocycles. The standard InChI is InChI=1S/C16H21N5O/c17-14(6-3-9-20-16(18)19)15(22)21-13-8-7-11-4-1-2-5-12(11)10-13/h1-2,4-5,7-8,10,14H,3,6,9,17H2,(H,21,22)(H4,18,19,20)/t14-/m1/s1. The number of hydrogen-bond acceptors (Lipinski definition) is 3. The Labute approximate surface area is 129 Å². The molecular weight excluding hydrogens is 278 g/mol. The quantitative estimate of drug-likeness (QED) is 0.363. The van der Waals surface area contributed by atoms with Gasteiger partial charge in [-0.05, 0) is 35.7 Å². The highest BCUT2D eigenvalue weighted by Crippen LogP contribution is 2.19. The Balaban J connectivity index is 1.90. The van der Waals surface area contributed by atoms with Gasteiger partial charge in [0.2, 0.25) is 5.91 Å². The third-order valence-corrected chi connectivity index (χ3v) is 3.32. The van der Waals surface area contributed by atoms with Crippen molar-refractivity contribution in [2.45, 2.75) is 18.9 Å². The van der Waals surface area contributed by atoms with Gasteiger partial charge < -0.3 is 22.5 Å². The van der Waals surface area contributed by atoms with Gasteiger partial charge >= 0.3 is 0 Å². The van der Waals surface area contributed by atoms with E-state index in [9.17, 15) is 4.79 Å². The normalized spacial score (nSPS) is 11.9. The summed E-state index contributed by atoms with van der Waals surface area (Å²) in [6.07, 6.45) is 1.18. The molecule has 0 spiro atoms. The van der Waals surface area contributed by atoms with Crippen molar-refractivity contribution in [1.82, 2.24) is 0 Å². The van der Waals surface area contributed by atoms with Crippen LogP contribution in [-0.4, -0.2) is 24.5 Å². The van der Waals surface area contributed by atoms with Gasteiger partial charge in [-0.1, -0.05) is 30.3 Å². The molecule has 0 aromatic heterocycles. The molecule has 0 fully saturated rings. The molecule has 116 valence electrons. The summed E-state index contributed by atoms with van der Waals surface area (Å²) in [7, 11) is 0. The van der Waals surface area contributed by atoms with E-state index in [0.717, 1.165) is 16.5 Å². The minimum absolute atomic E-state index is 0.0502. The van der Waals surface area contributed by atoms with E-state index in [0.29, 0.717) is 19.4 Å². The number of aliphatic imine (C=N–C) groups is 1. The van der Waals surface area contributed by atoms with Gasteiger partial charge in [0.15, 0.2) is 5.96 Å². The summed E-state index contributed by atoms with van der Waals surface area (Å²) >= 11 is 0. The molecule has 2 aromatic rings. The molecular formula is C16H21N5O. The van der Waals surface area contributed by atoms with Gasteiger partial charge in [-0.3, -0.25) is 9.79 Å². The number of fused-ring (bicyclic) bond motifs is 1. The molecule has 2 rings (SSSR count). The Hall–Kier alpha value is -2.60. The zero-order chi connectivity index (χ0) is 15.9. The van der Waals surface area contributed by atoms with Crippen LogP contribution in [0.3, 0.4) is 0 Å². The lowest BCUT2D eigenvalue weighted by atomic mass is 10.1. The number of carbonyl (C=O) groups excluding carboxylic acids is 1. The van der Waals surface area contributed by atoms with Crippen LogP contribution in [0, 0.1) is 0 Å². The fourth-order valence-electron chi connectivity index (χ4n) is 2.15. The highest BCUT2D eigenvalue weighted by atomic mass is 16.2. The van der Waals surface area contributed by atoms with Crippen molar-refractivity contribution in [3.63, 3.8) is 0 Å². The summed E-state index contributed by atoms with van der Waals surface area (Å²) in [5.74, 6) is -0.158. The average molecular weight is 299 g/mol. The molecule has 0 aliphatic rings. The first-order chi connectivity index (χ1) is 10.6. The highest BCUT2D eigenvalue weighted by Gasteiger charge is 2.13. The van der Waals surface area contributed by atoms with Gasteiger partial charge in [-0.15, -0.1) is 0 Å². The second-order valence-electron chi connectivity index (χ2n) is 5.11. The number of nitrogens with one attached hydrogen (secondary N) is 1. The van der Waals surface area contributed by atoms with Crippen molar-refractivity contribution in [2.75, 3.05) is 11.9 Å². The third-order valence-electron chi connectivity index (χ3n) is 3.32. The number of nitrogens with two attached hydrogens (primary N) is 3. The highest BCUT2D eigenvalue weighted by molar-refractivity contribution is 5.97. The molecule has 1 amide bonds. The monoisotopic (exact) mass is 299 g/mol. The minimum Gasteiger partial charge on any atom is -0.370 e. The van der Waals surface area contributed by atoms with Crippen LogP contribution in [0.4, 0.5) is 5.69 Å². The largest absolute Gasteiger partial charge is 0.370 e. The van der Waals surface area contributed by atoms with E-state index in [4.69, 9.17) is 17.2 Å². The molecule has 0 heterocycles. The third kappa shape index (κ3) is 4.46. The van der Waals surface area contributed by atoms with Gasteiger partial charge in [0.25, 0.3) is 0 Å². The zero-order valence-corrected chi connectivity index (χ0v) is 12.3. The number of hydrogen-bond donors (Lipinski definition) is 4. The molecule has 7 N–H and O–H groups in total. The lowest BCUT2D eigenvalue weighted by Gasteiger charge is -2.12. The maximum atomic E-state index is 12.1. The predicted molar refractivity (Wildman–Crippen MR) is 90.5 cm³/mol. The van der Waals surface area contributed by atoms with Gasteiger partial charge in [0.1, 0.15) is 0 Å². The van der Waals surface area contributed by atoms with E-state index in [-0.39, 0.29) is 11.9 Å². The minimum atomic E-state index is -0.583. The summed E-state index contributed by atoms with van der Waals surface area (Å²) in [5, 5.41) is 5.03. The molecule has 0 radical (unpaired) electrons. The summed E-state index contributed by atoms with van der Waals surface area (Å²) in [5.41, 5.74) is 17.1. The van der Waals surface area contributed by atoms with Crippen LogP contribution in [0.5, 0.6) is 0 Å². The van der Waals surface area contributed by atoms with Crippen molar-refractivity contribution in [2.24, 2.45) is 22.2 Å². The summed E-state index contributed by atoms with van der Waals surface area (Å²) in [6, 6.07) is 13.1. The van der Waals surface area contributed by atoms with Crippen LogP contribution >= 0.6 is 0 Å². The Morgan fingerprint density at radius 3 is 2.59 bits per heavy atom. The van der Waals surface area contributed by atoms with Crippen LogP contribution in [0.15, 0.2) is 47.5 Å². The maximum absolute atomic E-state index is 12.1. The lowest BCUT2D eigenvalue weighted by molar-refractivity contribution is -0.117. The Bertz CT molecular complexity index is 679. The van der Waals surface area contributed by atoms with Crippen LogP contribution in [-0.2, 0) is 4.79 Å². The summed E-state index contributed by atoms with van der Waals surface area (Å²) in [6.45, 7) is 0.472. The second-order valence-corrected chi connectivity index (χ2v) is 5.11. The fourth-order valence-corrected chi connectivity index (χ4v) is 2.15. The number of carbonyl (C=O) groups is 1. The van der Waals surface area contributed by atoms with Crippen LogP contribution in [0.25, 0.3) is 10.8 Å². The number of benzene rings is 2.